The zero-order valence-electron chi connectivity index (χ0n) is 14.1. The zero-order valence-corrected chi connectivity index (χ0v) is 14.1. The fourth-order valence-electron chi connectivity index (χ4n) is 3.57. The maximum Gasteiger partial charge on any atom is 0.418 e. The molecule has 4 nitrogen and oxygen atoms in total. The summed E-state index contributed by atoms with van der Waals surface area (Å²) >= 11 is 0. The van der Waals surface area contributed by atoms with Gasteiger partial charge in [0.25, 0.3) is 0 Å². The lowest BCUT2D eigenvalue weighted by Gasteiger charge is -2.29. The van der Waals surface area contributed by atoms with Crippen molar-refractivity contribution >= 4 is 17.3 Å². The Morgan fingerprint density at radius 2 is 1.88 bits per heavy atom. The number of rotatable bonds is 4. The van der Waals surface area contributed by atoms with Crippen LogP contribution in [0.1, 0.15) is 37.7 Å². The van der Waals surface area contributed by atoms with Crippen molar-refractivity contribution in [1.82, 2.24) is 0 Å². The second-order valence-corrected chi connectivity index (χ2v) is 6.73. The summed E-state index contributed by atoms with van der Waals surface area (Å²) in [7, 11) is 0. The molecule has 1 saturated carbocycles. The number of halogens is 3. The van der Waals surface area contributed by atoms with Crippen LogP contribution in [0.2, 0.25) is 0 Å². The average Bonchev–Trinajstić information content (AvgIpc) is 3.08. The van der Waals surface area contributed by atoms with E-state index in [1.165, 1.54) is 6.07 Å². The predicted octanol–water partition coefficient (Wildman–Crippen LogP) is 4.06. The normalized spacial score (nSPS) is 19.2. The van der Waals surface area contributed by atoms with E-state index in [0.29, 0.717) is 44.3 Å². The molecule has 25 heavy (non-hydrogen) atoms. The number of amides is 1. The monoisotopic (exact) mass is 356 g/mol. The Morgan fingerprint density at radius 1 is 1.20 bits per heavy atom. The van der Waals surface area contributed by atoms with Crippen molar-refractivity contribution in [3.8, 4) is 0 Å². The highest BCUT2D eigenvalue weighted by Gasteiger charge is 2.35. The number of carbonyl (C=O) groups is 1. The fourth-order valence-corrected chi connectivity index (χ4v) is 3.57. The summed E-state index contributed by atoms with van der Waals surface area (Å²) < 4.78 is 45.6. The predicted molar refractivity (Wildman–Crippen MR) is 89.7 cm³/mol. The van der Waals surface area contributed by atoms with Crippen molar-refractivity contribution in [1.29, 1.82) is 0 Å². The van der Waals surface area contributed by atoms with Gasteiger partial charge in [0.2, 0.25) is 5.91 Å². The van der Waals surface area contributed by atoms with E-state index in [0.717, 1.165) is 31.7 Å². The third-order valence-corrected chi connectivity index (χ3v) is 4.91. The zero-order chi connectivity index (χ0) is 17.9. The van der Waals surface area contributed by atoms with Crippen molar-refractivity contribution in [2.75, 3.05) is 36.5 Å². The van der Waals surface area contributed by atoms with Gasteiger partial charge in [-0.3, -0.25) is 4.79 Å². The van der Waals surface area contributed by atoms with Gasteiger partial charge in [0.1, 0.15) is 0 Å². The molecule has 2 fully saturated rings. The summed E-state index contributed by atoms with van der Waals surface area (Å²) in [4.78, 5) is 14.0. The number of hydrogen-bond acceptors (Lipinski definition) is 3. The molecule has 1 aliphatic carbocycles. The summed E-state index contributed by atoms with van der Waals surface area (Å²) in [6, 6.07) is 4.11. The molecule has 1 N–H and O–H groups in total. The van der Waals surface area contributed by atoms with Gasteiger partial charge in [-0.05, 0) is 37.0 Å². The number of benzene rings is 1. The van der Waals surface area contributed by atoms with Crippen LogP contribution in [0.3, 0.4) is 0 Å². The van der Waals surface area contributed by atoms with Gasteiger partial charge in [-0.25, -0.2) is 0 Å². The smallest absolute Gasteiger partial charge is 0.378 e. The molecule has 0 unspecified atom stereocenters. The van der Waals surface area contributed by atoms with Gasteiger partial charge in [-0.1, -0.05) is 12.8 Å². The Morgan fingerprint density at radius 3 is 2.52 bits per heavy atom. The quantitative estimate of drug-likeness (QED) is 0.885. The topological polar surface area (TPSA) is 41.6 Å². The van der Waals surface area contributed by atoms with Crippen LogP contribution in [0.4, 0.5) is 24.5 Å². The molecule has 1 aromatic carbocycles. The lowest BCUT2D eigenvalue weighted by Crippen LogP contribution is -2.36. The minimum absolute atomic E-state index is 0.160. The van der Waals surface area contributed by atoms with Crippen LogP contribution in [0, 0.1) is 5.92 Å². The first-order valence-corrected chi connectivity index (χ1v) is 8.77. The Bertz CT molecular complexity index is 607. The number of nitrogens with one attached hydrogen (secondary N) is 1. The van der Waals surface area contributed by atoms with Gasteiger partial charge in [0.05, 0.1) is 24.5 Å². The first-order valence-electron chi connectivity index (χ1n) is 8.77. The number of nitrogens with zero attached hydrogens (tertiary/aromatic N) is 1. The molecule has 138 valence electrons. The maximum atomic E-state index is 13.5. The molecule has 0 bridgehead atoms. The van der Waals surface area contributed by atoms with Crippen molar-refractivity contribution < 1.29 is 22.7 Å². The molecule has 1 saturated heterocycles. The standard InChI is InChI=1S/C18H23F3N2O2/c19-18(20,21)15-12-14(23-7-9-25-10-8-23)5-6-16(15)22-17(24)11-13-3-1-2-4-13/h5-6,12-13H,1-4,7-11H2,(H,22,24). The fraction of sp³-hybridized carbons (Fsp3) is 0.611. The van der Waals surface area contributed by atoms with E-state index < -0.39 is 11.7 Å². The minimum Gasteiger partial charge on any atom is -0.378 e. The van der Waals surface area contributed by atoms with Crippen LogP contribution >= 0.6 is 0 Å². The van der Waals surface area contributed by atoms with Crippen LogP contribution in [-0.2, 0) is 15.7 Å². The number of carbonyl (C=O) groups excluding carboxylic acids is 1. The third-order valence-electron chi connectivity index (χ3n) is 4.91. The van der Waals surface area contributed by atoms with Gasteiger partial charge < -0.3 is 15.0 Å². The van der Waals surface area contributed by atoms with Gasteiger partial charge in [-0.2, -0.15) is 13.2 Å². The number of ether oxygens (including phenoxy) is 1. The summed E-state index contributed by atoms with van der Waals surface area (Å²) in [5.41, 5.74) is -0.451. The van der Waals surface area contributed by atoms with Crippen LogP contribution < -0.4 is 10.2 Å². The highest BCUT2D eigenvalue weighted by Crippen LogP contribution is 2.38. The summed E-state index contributed by atoms with van der Waals surface area (Å²) in [6.07, 6.45) is -0.0637. The Balaban J connectivity index is 1.76. The summed E-state index contributed by atoms with van der Waals surface area (Å²) in [5.74, 6) is -0.0431. The molecular weight excluding hydrogens is 333 g/mol. The Labute approximate surface area is 145 Å². The molecule has 0 radical (unpaired) electrons. The molecule has 2 aliphatic rings. The van der Waals surface area contributed by atoms with Crippen LogP contribution in [0.25, 0.3) is 0 Å². The third kappa shape index (κ3) is 4.66. The molecule has 1 heterocycles. The van der Waals surface area contributed by atoms with Gasteiger partial charge >= 0.3 is 6.18 Å². The van der Waals surface area contributed by atoms with E-state index in [2.05, 4.69) is 5.32 Å². The molecule has 3 rings (SSSR count). The van der Waals surface area contributed by atoms with E-state index in [1.807, 2.05) is 4.90 Å². The van der Waals surface area contributed by atoms with Gasteiger partial charge in [0, 0.05) is 25.2 Å². The van der Waals surface area contributed by atoms with Crippen molar-refractivity contribution in [2.24, 2.45) is 5.92 Å². The van der Waals surface area contributed by atoms with Gasteiger partial charge in [-0.15, -0.1) is 0 Å². The average molecular weight is 356 g/mol. The largest absolute Gasteiger partial charge is 0.418 e. The van der Waals surface area contributed by atoms with E-state index in [9.17, 15) is 18.0 Å². The Kier molecular flexibility index (Phi) is 5.51. The number of hydrogen-bond donors (Lipinski definition) is 1. The molecule has 0 spiro atoms. The minimum atomic E-state index is -4.52. The van der Waals surface area contributed by atoms with E-state index in [4.69, 9.17) is 4.74 Å². The molecular formula is C18H23F3N2O2. The number of anilines is 2. The van der Waals surface area contributed by atoms with Gasteiger partial charge in [0.15, 0.2) is 0 Å². The van der Waals surface area contributed by atoms with Crippen LogP contribution in [0.5, 0.6) is 0 Å². The first kappa shape index (κ1) is 18.0. The van der Waals surface area contributed by atoms with Crippen LogP contribution in [-0.4, -0.2) is 32.2 Å². The first-order chi connectivity index (χ1) is 11.9. The molecule has 1 aromatic rings. The highest BCUT2D eigenvalue weighted by atomic mass is 19.4. The summed E-state index contributed by atoms with van der Waals surface area (Å²) in [5, 5.41) is 2.47. The summed E-state index contributed by atoms with van der Waals surface area (Å²) in [6.45, 7) is 2.12. The lowest BCUT2D eigenvalue weighted by molar-refractivity contribution is -0.136. The van der Waals surface area contributed by atoms with Crippen molar-refractivity contribution in [3.63, 3.8) is 0 Å². The molecule has 7 heteroatoms. The number of morpholine rings is 1. The molecule has 0 atom stereocenters. The maximum absolute atomic E-state index is 13.5. The molecule has 1 amide bonds. The van der Waals surface area contributed by atoms with E-state index in [1.54, 1.807) is 6.07 Å². The van der Waals surface area contributed by atoms with Crippen LogP contribution in [0.15, 0.2) is 18.2 Å². The second kappa shape index (κ2) is 7.64. The van der Waals surface area contributed by atoms with Crippen molar-refractivity contribution in [3.05, 3.63) is 23.8 Å². The number of alkyl halides is 3. The molecule has 0 aromatic heterocycles. The SMILES string of the molecule is O=C(CC1CCCC1)Nc1ccc(N2CCOCC2)cc1C(F)(F)F. The Hall–Kier alpha value is -1.76. The lowest BCUT2D eigenvalue weighted by atomic mass is 10.0. The van der Waals surface area contributed by atoms with Crippen molar-refractivity contribution in [2.45, 2.75) is 38.3 Å². The molecule has 1 aliphatic heterocycles. The van der Waals surface area contributed by atoms with E-state index in [-0.39, 0.29) is 11.6 Å². The highest BCUT2D eigenvalue weighted by molar-refractivity contribution is 5.92. The van der Waals surface area contributed by atoms with E-state index >= 15 is 0 Å². The second-order valence-electron chi connectivity index (χ2n) is 6.73.